The summed E-state index contributed by atoms with van der Waals surface area (Å²) >= 11 is 0. The lowest BCUT2D eigenvalue weighted by Crippen LogP contribution is -2.43. The number of allylic oxidation sites excluding steroid dienone is 1. The molecule has 5 heteroatoms. The topological polar surface area (TPSA) is 76.0 Å². The summed E-state index contributed by atoms with van der Waals surface area (Å²) in [5, 5.41) is 19.4. The predicted octanol–water partition coefficient (Wildman–Crippen LogP) is 0.171. The first-order valence-corrected chi connectivity index (χ1v) is 5.45. The van der Waals surface area contributed by atoms with Gasteiger partial charge in [-0.2, -0.15) is 0 Å². The Kier molecular flexibility index (Phi) is 4.86. The number of methoxy groups -OCH3 is 1. The highest BCUT2D eigenvalue weighted by molar-refractivity contribution is 5.90. The summed E-state index contributed by atoms with van der Waals surface area (Å²) in [6.07, 6.45) is 1.65. The Morgan fingerprint density at radius 2 is 2.29 bits per heavy atom. The molecule has 0 aromatic rings. The lowest BCUT2D eigenvalue weighted by molar-refractivity contribution is -0.142. The van der Waals surface area contributed by atoms with Crippen molar-refractivity contribution in [2.75, 3.05) is 7.11 Å². The van der Waals surface area contributed by atoms with Gasteiger partial charge in [-0.3, -0.25) is 0 Å². The average Bonchev–Trinajstić information content (AvgIpc) is 2.30. The number of aliphatic hydroxyl groups excluding tert-OH is 2. The first-order valence-electron chi connectivity index (χ1n) is 5.45. The van der Waals surface area contributed by atoms with E-state index in [1.54, 1.807) is 19.1 Å². The van der Waals surface area contributed by atoms with Crippen molar-refractivity contribution < 1.29 is 24.5 Å². The highest BCUT2D eigenvalue weighted by Crippen LogP contribution is 2.24. The lowest BCUT2D eigenvalue weighted by Gasteiger charge is -2.32. The Hall–Kier alpha value is -1.17. The van der Waals surface area contributed by atoms with Crippen molar-refractivity contribution in [1.82, 2.24) is 0 Å². The molecule has 17 heavy (non-hydrogen) atoms. The Morgan fingerprint density at radius 1 is 1.65 bits per heavy atom. The van der Waals surface area contributed by atoms with Gasteiger partial charge < -0.3 is 19.7 Å². The molecule has 1 heterocycles. The van der Waals surface area contributed by atoms with Gasteiger partial charge in [0, 0.05) is 0 Å². The van der Waals surface area contributed by atoms with Gasteiger partial charge in [-0.25, -0.2) is 4.79 Å². The van der Waals surface area contributed by atoms with Gasteiger partial charge in [-0.1, -0.05) is 12.2 Å². The normalized spacial score (nSPS) is 31.1. The summed E-state index contributed by atoms with van der Waals surface area (Å²) in [5.41, 5.74) is 0.149. The monoisotopic (exact) mass is 242 g/mol. The summed E-state index contributed by atoms with van der Waals surface area (Å²) in [6, 6.07) is 0. The van der Waals surface area contributed by atoms with Crippen LogP contribution in [0.2, 0.25) is 0 Å². The molecule has 0 radical (unpaired) electrons. The molecule has 0 saturated carbocycles. The Morgan fingerprint density at radius 3 is 2.76 bits per heavy atom. The van der Waals surface area contributed by atoms with E-state index in [-0.39, 0.29) is 5.57 Å². The fraction of sp³-hybridized carbons (Fsp3) is 0.583. The van der Waals surface area contributed by atoms with Crippen molar-refractivity contribution in [3.05, 3.63) is 23.8 Å². The first-order chi connectivity index (χ1) is 8.01. The number of ether oxygens (including phenoxy) is 2. The van der Waals surface area contributed by atoms with Crippen molar-refractivity contribution in [1.29, 1.82) is 0 Å². The minimum absolute atomic E-state index is 0.149. The van der Waals surface area contributed by atoms with E-state index in [9.17, 15) is 15.0 Å². The minimum atomic E-state index is -0.921. The first kappa shape index (κ1) is 13.9. The van der Waals surface area contributed by atoms with Gasteiger partial charge in [0.25, 0.3) is 0 Å². The molecular weight excluding hydrogens is 224 g/mol. The van der Waals surface area contributed by atoms with Crippen LogP contribution in [0.5, 0.6) is 0 Å². The maximum Gasteiger partial charge on any atom is 0.336 e. The van der Waals surface area contributed by atoms with Crippen LogP contribution in [0.3, 0.4) is 0 Å². The van der Waals surface area contributed by atoms with Gasteiger partial charge in [-0.15, -0.1) is 0 Å². The van der Waals surface area contributed by atoms with Crippen LogP contribution < -0.4 is 0 Å². The molecule has 5 nitrogen and oxygen atoms in total. The zero-order chi connectivity index (χ0) is 13.0. The molecule has 0 spiro atoms. The standard InChI is InChI=1S/C12H18O5/c1-4-5-10-9(14)6-8(12(15)16-3)11(17-10)7(2)13/h4-7,9-11,13-14H,1-3H3/b5-4+/t7-,9+,10-,11+/m0/s1. The summed E-state index contributed by atoms with van der Waals surface area (Å²) in [5.74, 6) is -0.603. The number of hydrogen-bond acceptors (Lipinski definition) is 5. The van der Waals surface area contributed by atoms with Gasteiger partial charge in [0.2, 0.25) is 0 Å². The second-order valence-electron chi connectivity index (χ2n) is 3.89. The molecule has 0 amide bonds. The highest BCUT2D eigenvalue weighted by Gasteiger charge is 2.35. The SMILES string of the molecule is C/C=C/[C@@H]1O[C@H]([C@H](C)O)C(C(=O)OC)=C[C@H]1O. The molecule has 0 saturated heterocycles. The molecular formula is C12H18O5. The van der Waals surface area contributed by atoms with E-state index in [2.05, 4.69) is 4.74 Å². The molecule has 0 bridgehead atoms. The third-order valence-corrected chi connectivity index (χ3v) is 2.54. The molecule has 2 N–H and O–H groups in total. The van der Waals surface area contributed by atoms with Crippen LogP contribution in [0.25, 0.3) is 0 Å². The predicted molar refractivity (Wildman–Crippen MR) is 61.3 cm³/mol. The number of carbonyl (C=O) groups is 1. The van der Waals surface area contributed by atoms with Crippen LogP contribution in [0, 0.1) is 0 Å². The Balaban J connectivity index is 3.00. The van der Waals surface area contributed by atoms with Gasteiger partial charge in [0.15, 0.2) is 0 Å². The smallest absolute Gasteiger partial charge is 0.336 e. The van der Waals surface area contributed by atoms with Crippen molar-refractivity contribution in [3.63, 3.8) is 0 Å². The number of esters is 1. The van der Waals surface area contributed by atoms with E-state index < -0.39 is 30.4 Å². The number of rotatable bonds is 3. The second kappa shape index (κ2) is 5.95. The van der Waals surface area contributed by atoms with Crippen molar-refractivity contribution in [3.8, 4) is 0 Å². The summed E-state index contributed by atoms with van der Waals surface area (Å²) < 4.78 is 10.1. The average molecular weight is 242 g/mol. The van der Waals surface area contributed by atoms with Crippen molar-refractivity contribution >= 4 is 5.97 Å². The molecule has 1 rings (SSSR count). The third kappa shape index (κ3) is 3.15. The third-order valence-electron chi connectivity index (χ3n) is 2.54. The van der Waals surface area contributed by atoms with Gasteiger partial charge >= 0.3 is 5.97 Å². The van der Waals surface area contributed by atoms with Gasteiger partial charge in [0.1, 0.15) is 18.3 Å². The molecule has 96 valence electrons. The van der Waals surface area contributed by atoms with Crippen LogP contribution in [0.4, 0.5) is 0 Å². The quantitative estimate of drug-likeness (QED) is 0.545. The van der Waals surface area contributed by atoms with Gasteiger partial charge in [-0.05, 0) is 19.9 Å². The van der Waals surface area contributed by atoms with E-state index in [4.69, 9.17) is 4.74 Å². The lowest BCUT2D eigenvalue weighted by atomic mass is 9.97. The largest absolute Gasteiger partial charge is 0.466 e. The molecule has 0 fully saturated rings. The Bertz CT molecular complexity index is 332. The van der Waals surface area contributed by atoms with E-state index in [1.807, 2.05) is 0 Å². The van der Waals surface area contributed by atoms with Crippen LogP contribution in [-0.2, 0) is 14.3 Å². The van der Waals surface area contributed by atoms with Crippen molar-refractivity contribution in [2.45, 2.75) is 38.3 Å². The van der Waals surface area contributed by atoms with Crippen LogP contribution >= 0.6 is 0 Å². The van der Waals surface area contributed by atoms with E-state index in [0.29, 0.717) is 0 Å². The summed E-state index contributed by atoms with van der Waals surface area (Å²) in [6.45, 7) is 3.32. The summed E-state index contributed by atoms with van der Waals surface area (Å²) in [7, 11) is 1.24. The molecule has 0 unspecified atom stereocenters. The number of hydrogen-bond donors (Lipinski definition) is 2. The maximum atomic E-state index is 11.5. The summed E-state index contributed by atoms with van der Waals surface area (Å²) in [4.78, 5) is 11.5. The second-order valence-corrected chi connectivity index (χ2v) is 3.89. The van der Waals surface area contributed by atoms with E-state index in [1.165, 1.54) is 20.1 Å². The zero-order valence-electron chi connectivity index (χ0n) is 10.2. The highest BCUT2D eigenvalue weighted by atomic mass is 16.5. The van der Waals surface area contributed by atoms with Crippen LogP contribution in [0.15, 0.2) is 23.8 Å². The van der Waals surface area contributed by atoms with E-state index in [0.717, 1.165) is 0 Å². The number of aliphatic hydroxyl groups is 2. The minimum Gasteiger partial charge on any atom is -0.466 e. The maximum absolute atomic E-state index is 11.5. The number of carbonyl (C=O) groups excluding carboxylic acids is 1. The Labute approximate surface area is 100 Å². The fourth-order valence-corrected chi connectivity index (χ4v) is 1.72. The van der Waals surface area contributed by atoms with Crippen molar-refractivity contribution in [2.24, 2.45) is 0 Å². The zero-order valence-corrected chi connectivity index (χ0v) is 10.2. The fourth-order valence-electron chi connectivity index (χ4n) is 1.72. The molecule has 0 aromatic carbocycles. The molecule has 0 aromatic heterocycles. The molecule has 4 atom stereocenters. The van der Waals surface area contributed by atoms with E-state index >= 15 is 0 Å². The molecule has 0 aliphatic carbocycles. The van der Waals surface area contributed by atoms with Gasteiger partial charge in [0.05, 0.1) is 18.8 Å². The van der Waals surface area contributed by atoms with Crippen LogP contribution in [-0.4, -0.2) is 47.7 Å². The molecule has 1 aliphatic rings. The van der Waals surface area contributed by atoms with Crippen LogP contribution in [0.1, 0.15) is 13.8 Å². The molecule has 1 aliphatic heterocycles.